The van der Waals surface area contributed by atoms with Crippen molar-refractivity contribution in [3.8, 4) is 0 Å². The van der Waals surface area contributed by atoms with Gasteiger partial charge in [-0.1, -0.05) is 58.8 Å². The van der Waals surface area contributed by atoms with Gasteiger partial charge in [-0.15, -0.1) is 0 Å². The van der Waals surface area contributed by atoms with E-state index < -0.39 is 0 Å². The number of unbranched alkanes of at least 4 members (excludes halogenated alkanes) is 5. The predicted octanol–water partition coefficient (Wildman–Crippen LogP) is 4.48. The van der Waals surface area contributed by atoms with Gasteiger partial charge < -0.3 is 0 Å². The Labute approximate surface area is 119 Å². The van der Waals surface area contributed by atoms with Gasteiger partial charge >= 0.3 is 0 Å². The fraction of sp³-hybridized carbons (Fsp3) is 0.824. The Morgan fingerprint density at radius 3 is 2.37 bits per heavy atom. The van der Waals surface area contributed by atoms with Crippen LogP contribution in [-0.2, 0) is 13.6 Å². The van der Waals surface area contributed by atoms with Crippen molar-refractivity contribution >= 4 is 0 Å². The Balaban J connectivity index is 1.94. The lowest BCUT2D eigenvalue weighted by atomic mass is 9.97. The second kappa shape index (κ2) is 10.1. The van der Waals surface area contributed by atoms with E-state index in [1.165, 1.54) is 64.3 Å². The summed E-state index contributed by atoms with van der Waals surface area (Å²) in [6.07, 6.45) is 19.1. The molecule has 19 heavy (non-hydrogen) atoms. The molecule has 0 aliphatic rings. The minimum absolute atomic E-state index is 0.899. The highest BCUT2D eigenvalue weighted by Crippen LogP contribution is 2.16. The maximum Gasteiger partial charge on any atom is 0.243 e. The molecule has 0 amide bonds. The van der Waals surface area contributed by atoms with Gasteiger partial charge in [-0.2, -0.15) is 0 Å². The van der Waals surface area contributed by atoms with Crippen molar-refractivity contribution in [2.24, 2.45) is 13.0 Å². The Morgan fingerprint density at radius 2 is 1.68 bits per heavy atom. The summed E-state index contributed by atoms with van der Waals surface area (Å²) in [5.74, 6) is 0.899. The van der Waals surface area contributed by atoms with Crippen molar-refractivity contribution in [2.45, 2.75) is 78.2 Å². The van der Waals surface area contributed by atoms with Gasteiger partial charge in [0.25, 0.3) is 0 Å². The molecule has 0 aliphatic carbocycles. The molecule has 2 nitrogen and oxygen atoms in total. The van der Waals surface area contributed by atoms with Gasteiger partial charge in [0, 0.05) is 0 Å². The molecule has 0 aromatic carbocycles. The molecular formula is C17H33N2+. The van der Waals surface area contributed by atoms with Gasteiger partial charge in [0.15, 0.2) is 0 Å². The highest BCUT2D eigenvalue weighted by atomic mass is 15.1. The summed E-state index contributed by atoms with van der Waals surface area (Å²) in [6, 6.07) is 0. The zero-order valence-electron chi connectivity index (χ0n) is 13.3. The van der Waals surface area contributed by atoms with E-state index >= 15 is 0 Å². The Hall–Kier alpha value is -0.790. The first-order chi connectivity index (χ1) is 9.22. The molecule has 0 aliphatic heterocycles. The third-order valence-corrected chi connectivity index (χ3v) is 3.99. The van der Waals surface area contributed by atoms with E-state index in [9.17, 15) is 0 Å². The fourth-order valence-electron chi connectivity index (χ4n) is 2.67. The predicted molar refractivity (Wildman–Crippen MR) is 82.0 cm³/mol. The molecule has 110 valence electrons. The average Bonchev–Trinajstić information content (AvgIpc) is 2.79. The van der Waals surface area contributed by atoms with Gasteiger partial charge in [-0.3, -0.25) is 0 Å². The second-order valence-corrected chi connectivity index (χ2v) is 6.12. The molecule has 0 radical (unpaired) electrons. The molecule has 1 heterocycles. The number of hydrogen-bond donors (Lipinski definition) is 0. The van der Waals surface area contributed by atoms with Crippen LogP contribution in [0, 0.1) is 5.92 Å². The van der Waals surface area contributed by atoms with E-state index in [1.807, 2.05) is 0 Å². The maximum atomic E-state index is 2.42. The van der Waals surface area contributed by atoms with Crippen molar-refractivity contribution in [2.75, 3.05) is 0 Å². The lowest BCUT2D eigenvalue weighted by Crippen LogP contribution is -2.23. The smallest absolute Gasteiger partial charge is 0.240 e. The van der Waals surface area contributed by atoms with Crippen LogP contribution < -0.4 is 4.57 Å². The summed E-state index contributed by atoms with van der Waals surface area (Å²) in [5.41, 5.74) is 0. The van der Waals surface area contributed by atoms with Gasteiger partial charge in [0.05, 0.1) is 13.6 Å². The van der Waals surface area contributed by atoms with Crippen LogP contribution in [0.5, 0.6) is 0 Å². The third-order valence-electron chi connectivity index (χ3n) is 3.99. The van der Waals surface area contributed by atoms with Gasteiger partial charge in [-0.05, 0) is 18.8 Å². The molecule has 0 bridgehead atoms. The minimum Gasteiger partial charge on any atom is -0.240 e. The molecule has 0 N–H and O–H groups in total. The standard InChI is InChI=1S/C17H33N2/c1-4-5-6-7-8-9-11-17(2)12-10-13-19-15-14-18(3)16-19/h14-17H,4-13H2,1-3H3/q+1/t17-/m0/s1. The van der Waals surface area contributed by atoms with E-state index in [0.717, 1.165) is 5.92 Å². The monoisotopic (exact) mass is 265 g/mol. The normalized spacial score (nSPS) is 12.8. The number of imidazole rings is 1. The number of rotatable bonds is 11. The first-order valence-corrected chi connectivity index (χ1v) is 8.23. The molecule has 1 atom stereocenters. The molecule has 1 aromatic rings. The number of aromatic nitrogens is 2. The van der Waals surface area contributed by atoms with E-state index in [2.05, 4.69) is 48.8 Å². The number of hydrogen-bond acceptors (Lipinski definition) is 0. The molecule has 0 saturated carbocycles. The molecule has 1 aromatic heterocycles. The Kier molecular flexibility index (Phi) is 8.61. The zero-order chi connectivity index (χ0) is 13.9. The van der Waals surface area contributed by atoms with Crippen LogP contribution in [0.3, 0.4) is 0 Å². The SMILES string of the molecule is CCCCCCCC[C@H](C)CCCn1cc[n+](C)c1. The quantitative estimate of drug-likeness (QED) is 0.412. The number of aryl methyl sites for hydroxylation is 2. The van der Waals surface area contributed by atoms with Gasteiger partial charge in [0.2, 0.25) is 6.33 Å². The van der Waals surface area contributed by atoms with Crippen LogP contribution >= 0.6 is 0 Å². The van der Waals surface area contributed by atoms with Gasteiger partial charge in [0.1, 0.15) is 12.4 Å². The molecule has 2 heteroatoms. The molecule has 1 rings (SSSR count). The molecule has 0 fully saturated rings. The third kappa shape index (κ3) is 8.07. The Morgan fingerprint density at radius 1 is 1.00 bits per heavy atom. The largest absolute Gasteiger partial charge is 0.243 e. The van der Waals surface area contributed by atoms with Crippen molar-refractivity contribution in [1.29, 1.82) is 0 Å². The zero-order valence-corrected chi connectivity index (χ0v) is 13.3. The summed E-state index contributed by atoms with van der Waals surface area (Å²) >= 11 is 0. The van der Waals surface area contributed by atoms with Crippen molar-refractivity contribution < 1.29 is 4.57 Å². The van der Waals surface area contributed by atoms with Crippen LogP contribution in [0.2, 0.25) is 0 Å². The fourth-order valence-corrected chi connectivity index (χ4v) is 2.67. The average molecular weight is 265 g/mol. The summed E-state index contributed by atoms with van der Waals surface area (Å²) in [6.45, 7) is 5.87. The van der Waals surface area contributed by atoms with Crippen LogP contribution in [0.1, 0.15) is 71.6 Å². The first-order valence-electron chi connectivity index (χ1n) is 8.23. The summed E-state index contributed by atoms with van der Waals surface area (Å²) in [5, 5.41) is 0. The summed E-state index contributed by atoms with van der Waals surface area (Å²) in [7, 11) is 2.08. The maximum absolute atomic E-state index is 2.42. The Bertz CT molecular complexity index is 317. The molecule has 0 unspecified atom stereocenters. The van der Waals surface area contributed by atoms with Crippen LogP contribution in [0.25, 0.3) is 0 Å². The van der Waals surface area contributed by atoms with E-state index in [-0.39, 0.29) is 0 Å². The van der Waals surface area contributed by atoms with E-state index in [4.69, 9.17) is 0 Å². The van der Waals surface area contributed by atoms with Crippen molar-refractivity contribution in [3.05, 3.63) is 18.7 Å². The van der Waals surface area contributed by atoms with E-state index in [0.29, 0.717) is 0 Å². The first kappa shape index (κ1) is 16.3. The summed E-state index contributed by atoms with van der Waals surface area (Å²) < 4.78 is 4.40. The summed E-state index contributed by atoms with van der Waals surface area (Å²) in [4.78, 5) is 0. The van der Waals surface area contributed by atoms with Crippen molar-refractivity contribution in [3.63, 3.8) is 0 Å². The molecular weight excluding hydrogens is 232 g/mol. The van der Waals surface area contributed by atoms with Gasteiger partial charge in [-0.25, -0.2) is 9.13 Å². The van der Waals surface area contributed by atoms with Crippen LogP contribution in [0.15, 0.2) is 18.7 Å². The van der Waals surface area contributed by atoms with Crippen LogP contribution in [-0.4, -0.2) is 4.57 Å². The van der Waals surface area contributed by atoms with Crippen molar-refractivity contribution in [1.82, 2.24) is 4.57 Å². The lowest BCUT2D eigenvalue weighted by molar-refractivity contribution is -0.671. The molecule has 0 saturated heterocycles. The topological polar surface area (TPSA) is 8.81 Å². The highest BCUT2D eigenvalue weighted by Gasteiger charge is 2.04. The van der Waals surface area contributed by atoms with E-state index in [1.54, 1.807) is 0 Å². The number of nitrogens with zero attached hydrogens (tertiary/aromatic N) is 2. The van der Waals surface area contributed by atoms with Crippen LogP contribution in [0.4, 0.5) is 0 Å². The molecule has 0 spiro atoms. The second-order valence-electron chi connectivity index (χ2n) is 6.12. The highest BCUT2D eigenvalue weighted by molar-refractivity contribution is 4.66. The minimum atomic E-state index is 0.899. The lowest BCUT2D eigenvalue weighted by Gasteiger charge is -2.10.